The Morgan fingerprint density at radius 3 is 2.55 bits per heavy atom. The summed E-state index contributed by atoms with van der Waals surface area (Å²) in [5.41, 5.74) is 0.426. The van der Waals surface area contributed by atoms with Gasteiger partial charge in [0.25, 0.3) is 0 Å². The zero-order valence-corrected chi connectivity index (χ0v) is 6.72. The van der Waals surface area contributed by atoms with E-state index in [1.165, 1.54) is 25.1 Å². The second-order valence-corrected chi connectivity index (χ2v) is 2.69. The van der Waals surface area contributed by atoms with E-state index in [9.17, 15) is 4.79 Å². The summed E-state index contributed by atoms with van der Waals surface area (Å²) < 4.78 is 0. The summed E-state index contributed by atoms with van der Waals surface area (Å²) in [6.45, 7) is 1.42. The molecule has 1 rings (SSSR count). The largest absolute Gasteiger partial charge is 0.508 e. The number of Topliss-reactive ketones (excluding diaryl/α,β-unsaturated/α-hetero) is 1. The van der Waals surface area contributed by atoms with Crippen molar-refractivity contribution in [1.82, 2.24) is 0 Å². The van der Waals surface area contributed by atoms with Gasteiger partial charge in [-0.25, -0.2) is 0 Å². The lowest BCUT2D eigenvalue weighted by atomic mass is 10.1. The average molecular weight is 171 g/mol. The van der Waals surface area contributed by atoms with Crippen LogP contribution in [0.15, 0.2) is 18.2 Å². The van der Waals surface area contributed by atoms with E-state index >= 15 is 0 Å². The molecule has 1 aromatic rings. The summed E-state index contributed by atoms with van der Waals surface area (Å²) >= 11 is 5.58. The highest BCUT2D eigenvalue weighted by Gasteiger charge is 2.01. The number of carbonyl (C=O) groups excluding carboxylic acids is 1. The van der Waals surface area contributed by atoms with Crippen LogP contribution in [0.1, 0.15) is 17.3 Å². The van der Waals surface area contributed by atoms with Crippen molar-refractivity contribution < 1.29 is 9.90 Å². The minimum atomic E-state index is -0.109. The summed E-state index contributed by atoms with van der Waals surface area (Å²) in [5.74, 6) is -0.0921. The number of aromatic hydroxyl groups is 1. The molecular weight excluding hydrogens is 164 g/mol. The third-order valence-corrected chi connectivity index (χ3v) is 1.51. The first-order valence-electron chi connectivity index (χ1n) is 3.10. The van der Waals surface area contributed by atoms with E-state index in [1.54, 1.807) is 0 Å². The highest BCUT2D eigenvalue weighted by Crippen LogP contribution is 2.19. The summed E-state index contributed by atoms with van der Waals surface area (Å²) in [6, 6.07) is 4.28. The van der Waals surface area contributed by atoms with Crippen molar-refractivity contribution in [2.45, 2.75) is 6.92 Å². The Morgan fingerprint density at radius 1 is 1.45 bits per heavy atom. The van der Waals surface area contributed by atoms with Crippen LogP contribution in [0, 0.1) is 0 Å². The van der Waals surface area contributed by atoms with Crippen molar-refractivity contribution in [1.29, 1.82) is 0 Å². The third kappa shape index (κ3) is 1.95. The maximum absolute atomic E-state index is 10.8. The lowest BCUT2D eigenvalue weighted by Gasteiger charge is -1.97. The molecule has 0 saturated heterocycles. The normalized spacial score (nSPS) is 9.64. The standard InChI is InChI=1S/C8H7ClO2/c1-5(10)6-2-7(9)4-8(11)3-6/h2-4,11H,1H3. The van der Waals surface area contributed by atoms with E-state index in [0.717, 1.165) is 0 Å². The Morgan fingerprint density at radius 2 is 2.09 bits per heavy atom. The smallest absolute Gasteiger partial charge is 0.159 e. The first-order chi connectivity index (χ1) is 5.09. The van der Waals surface area contributed by atoms with E-state index in [-0.39, 0.29) is 11.5 Å². The Bertz CT molecular complexity index is 274. The Labute approximate surface area is 69.4 Å². The van der Waals surface area contributed by atoms with Crippen LogP contribution in [-0.4, -0.2) is 10.9 Å². The third-order valence-electron chi connectivity index (χ3n) is 1.29. The van der Waals surface area contributed by atoms with Gasteiger partial charge in [0.1, 0.15) is 5.75 Å². The highest BCUT2D eigenvalue weighted by atomic mass is 35.5. The molecule has 0 aliphatic rings. The molecule has 0 aliphatic carbocycles. The fourth-order valence-electron chi connectivity index (χ4n) is 0.777. The minimum absolute atomic E-state index is 0.0164. The van der Waals surface area contributed by atoms with Gasteiger partial charge in [0.15, 0.2) is 5.78 Å². The van der Waals surface area contributed by atoms with Gasteiger partial charge in [-0.15, -0.1) is 0 Å². The summed E-state index contributed by atoms with van der Waals surface area (Å²) in [4.78, 5) is 10.8. The van der Waals surface area contributed by atoms with Gasteiger partial charge in [0.2, 0.25) is 0 Å². The number of carbonyl (C=O) groups is 1. The second-order valence-electron chi connectivity index (χ2n) is 2.25. The van der Waals surface area contributed by atoms with Gasteiger partial charge in [-0.05, 0) is 25.1 Å². The molecule has 0 spiro atoms. The predicted octanol–water partition coefficient (Wildman–Crippen LogP) is 2.25. The van der Waals surface area contributed by atoms with Gasteiger partial charge in [0, 0.05) is 10.6 Å². The molecule has 1 N–H and O–H groups in total. The summed E-state index contributed by atoms with van der Waals surface area (Å²) in [6.07, 6.45) is 0. The molecule has 2 nitrogen and oxygen atoms in total. The zero-order chi connectivity index (χ0) is 8.43. The number of rotatable bonds is 1. The van der Waals surface area contributed by atoms with Crippen LogP contribution in [-0.2, 0) is 0 Å². The first kappa shape index (κ1) is 8.08. The molecular formula is C8H7ClO2. The van der Waals surface area contributed by atoms with Gasteiger partial charge >= 0.3 is 0 Å². The number of hydrogen-bond acceptors (Lipinski definition) is 2. The molecule has 0 aliphatic heterocycles. The van der Waals surface area contributed by atoms with Crippen LogP contribution < -0.4 is 0 Å². The molecule has 0 saturated carbocycles. The molecule has 0 aromatic heterocycles. The topological polar surface area (TPSA) is 37.3 Å². The molecule has 58 valence electrons. The van der Waals surface area contributed by atoms with E-state index in [1.807, 2.05) is 0 Å². The maximum atomic E-state index is 10.8. The number of hydrogen-bond donors (Lipinski definition) is 1. The number of benzene rings is 1. The fourth-order valence-corrected chi connectivity index (χ4v) is 1.01. The van der Waals surface area contributed by atoms with Crippen molar-refractivity contribution in [3.8, 4) is 5.75 Å². The van der Waals surface area contributed by atoms with Crippen LogP contribution >= 0.6 is 11.6 Å². The molecule has 0 unspecified atom stereocenters. The molecule has 0 amide bonds. The molecule has 0 heterocycles. The summed E-state index contributed by atoms with van der Waals surface area (Å²) in [7, 11) is 0. The molecule has 0 atom stereocenters. The number of halogens is 1. The molecule has 0 radical (unpaired) electrons. The van der Waals surface area contributed by atoms with E-state index in [0.29, 0.717) is 10.6 Å². The Kier molecular flexibility index (Phi) is 2.15. The molecule has 11 heavy (non-hydrogen) atoms. The van der Waals surface area contributed by atoms with Crippen molar-refractivity contribution in [3.63, 3.8) is 0 Å². The van der Waals surface area contributed by atoms with Gasteiger partial charge in [-0.2, -0.15) is 0 Å². The van der Waals surface area contributed by atoms with Gasteiger partial charge in [0.05, 0.1) is 0 Å². The van der Waals surface area contributed by atoms with Crippen LogP contribution in [0.4, 0.5) is 0 Å². The Balaban J connectivity index is 3.19. The van der Waals surface area contributed by atoms with Gasteiger partial charge in [-0.1, -0.05) is 11.6 Å². The first-order valence-corrected chi connectivity index (χ1v) is 3.48. The van der Waals surface area contributed by atoms with Crippen LogP contribution in [0.25, 0.3) is 0 Å². The monoisotopic (exact) mass is 170 g/mol. The van der Waals surface area contributed by atoms with Crippen LogP contribution in [0.2, 0.25) is 5.02 Å². The predicted molar refractivity (Wildman–Crippen MR) is 43.1 cm³/mol. The van der Waals surface area contributed by atoms with Gasteiger partial charge in [-0.3, -0.25) is 4.79 Å². The SMILES string of the molecule is CC(=O)c1cc(O)cc(Cl)c1. The number of phenolic OH excluding ortho intramolecular Hbond substituents is 1. The van der Waals surface area contributed by atoms with Crippen molar-refractivity contribution in [2.24, 2.45) is 0 Å². The highest BCUT2D eigenvalue weighted by molar-refractivity contribution is 6.31. The lowest BCUT2D eigenvalue weighted by Crippen LogP contribution is -1.90. The minimum Gasteiger partial charge on any atom is -0.508 e. The van der Waals surface area contributed by atoms with Crippen molar-refractivity contribution in [2.75, 3.05) is 0 Å². The van der Waals surface area contributed by atoms with E-state index < -0.39 is 0 Å². The van der Waals surface area contributed by atoms with Crippen molar-refractivity contribution in [3.05, 3.63) is 28.8 Å². The zero-order valence-electron chi connectivity index (χ0n) is 5.97. The van der Waals surface area contributed by atoms with Crippen LogP contribution in [0.3, 0.4) is 0 Å². The van der Waals surface area contributed by atoms with E-state index in [4.69, 9.17) is 16.7 Å². The Hall–Kier alpha value is -1.02. The lowest BCUT2D eigenvalue weighted by molar-refractivity contribution is 0.101. The number of phenols is 1. The summed E-state index contributed by atoms with van der Waals surface area (Å²) in [5, 5.41) is 9.38. The molecule has 0 bridgehead atoms. The second kappa shape index (κ2) is 2.93. The van der Waals surface area contributed by atoms with Gasteiger partial charge < -0.3 is 5.11 Å². The van der Waals surface area contributed by atoms with E-state index in [2.05, 4.69) is 0 Å². The maximum Gasteiger partial charge on any atom is 0.159 e. The average Bonchev–Trinajstić information content (AvgIpc) is 1.85. The molecule has 3 heteroatoms. The quantitative estimate of drug-likeness (QED) is 0.657. The molecule has 1 aromatic carbocycles. The van der Waals surface area contributed by atoms with Crippen LogP contribution in [0.5, 0.6) is 5.75 Å². The van der Waals surface area contributed by atoms with Crippen molar-refractivity contribution >= 4 is 17.4 Å². The molecule has 0 fully saturated rings. The number of ketones is 1. The fraction of sp³-hybridized carbons (Fsp3) is 0.125.